The molecule has 0 unspecified atom stereocenters. The van der Waals surface area contributed by atoms with E-state index in [9.17, 15) is 10.0 Å². The van der Waals surface area contributed by atoms with E-state index in [1.807, 2.05) is 24.3 Å². The van der Waals surface area contributed by atoms with E-state index in [-0.39, 0.29) is 17.1 Å². The maximum Gasteiger partial charge on any atom is 0.251 e. The number of amides is 1. The molecule has 0 spiro atoms. The van der Waals surface area contributed by atoms with Crippen LogP contribution in [0.2, 0.25) is 0 Å². The second-order valence-electron chi connectivity index (χ2n) is 7.59. The second kappa shape index (κ2) is 9.67. The average molecular weight is 423 g/mol. The summed E-state index contributed by atoms with van der Waals surface area (Å²) in [4.78, 5) is 12.1. The van der Waals surface area contributed by atoms with E-state index in [2.05, 4.69) is 38.2 Å². The molecule has 6 heteroatoms. The van der Waals surface area contributed by atoms with Crippen molar-refractivity contribution in [1.82, 2.24) is 0 Å². The van der Waals surface area contributed by atoms with Gasteiger partial charge in [-0.15, -0.1) is 0 Å². The zero-order valence-electron chi connectivity index (χ0n) is 17.4. The zero-order valence-corrected chi connectivity index (χ0v) is 18.2. The molecular weight excluding hydrogens is 396 g/mol. The van der Waals surface area contributed by atoms with Crippen molar-refractivity contribution in [2.75, 3.05) is 11.1 Å². The summed E-state index contributed by atoms with van der Waals surface area (Å²) in [7, 11) is 0. The maximum atomic E-state index is 12.1. The lowest BCUT2D eigenvalue weighted by Crippen LogP contribution is -2.28. The van der Waals surface area contributed by atoms with Gasteiger partial charge in [-0.2, -0.15) is 4.73 Å². The third-order valence-corrected chi connectivity index (χ3v) is 6.05. The summed E-state index contributed by atoms with van der Waals surface area (Å²) in [5, 5.41) is 14.9. The number of benzene rings is 2. The Balaban J connectivity index is 1.53. The first-order valence-electron chi connectivity index (χ1n) is 9.87. The van der Waals surface area contributed by atoms with Crippen LogP contribution in [0.25, 0.3) is 0 Å². The summed E-state index contributed by atoms with van der Waals surface area (Å²) >= 11 is 1.20. The molecule has 2 aromatic carbocycles. The summed E-state index contributed by atoms with van der Waals surface area (Å²) < 4.78 is 6.65. The lowest BCUT2D eigenvalue weighted by molar-refractivity contribution is -0.645. The van der Waals surface area contributed by atoms with Crippen LogP contribution in [-0.4, -0.2) is 11.7 Å². The van der Waals surface area contributed by atoms with Gasteiger partial charge in [-0.1, -0.05) is 32.9 Å². The Morgan fingerprint density at radius 3 is 2.27 bits per heavy atom. The molecule has 0 saturated carbocycles. The van der Waals surface area contributed by atoms with E-state index in [1.54, 1.807) is 30.3 Å². The van der Waals surface area contributed by atoms with Crippen molar-refractivity contribution >= 4 is 23.4 Å². The van der Waals surface area contributed by atoms with Gasteiger partial charge in [0.25, 0.3) is 5.03 Å². The van der Waals surface area contributed by atoms with Crippen LogP contribution < -0.4 is 14.8 Å². The molecule has 1 aromatic heterocycles. The van der Waals surface area contributed by atoms with Gasteiger partial charge in [-0.05, 0) is 71.6 Å². The molecule has 5 nitrogen and oxygen atoms in total. The predicted octanol–water partition coefficient (Wildman–Crippen LogP) is 5.53. The van der Waals surface area contributed by atoms with Crippen molar-refractivity contribution in [3.8, 4) is 11.5 Å². The van der Waals surface area contributed by atoms with Gasteiger partial charge in [0.1, 0.15) is 11.5 Å². The van der Waals surface area contributed by atoms with Crippen LogP contribution in [0.1, 0.15) is 32.8 Å². The van der Waals surface area contributed by atoms with Crippen molar-refractivity contribution in [2.45, 2.75) is 37.6 Å². The summed E-state index contributed by atoms with van der Waals surface area (Å²) in [5.41, 5.74) is 2.10. The summed E-state index contributed by atoms with van der Waals surface area (Å²) in [6.07, 6.45) is 2.48. The molecule has 0 fully saturated rings. The Morgan fingerprint density at radius 1 is 1.03 bits per heavy atom. The number of hydrogen-bond donors (Lipinski definition) is 1. The number of hydrogen-bond acceptors (Lipinski definition) is 4. The molecule has 1 amide bonds. The van der Waals surface area contributed by atoms with E-state index in [0.29, 0.717) is 16.5 Å². The van der Waals surface area contributed by atoms with Gasteiger partial charge >= 0.3 is 0 Å². The van der Waals surface area contributed by atoms with Crippen LogP contribution in [0.4, 0.5) is 5.69 Å². The number of aromatic nitrogens is 1. The first-order valence-corrected chi connectivity index (χ1v) is 10.9. The predicted molar refractivity (Wildman–Crippen MR) is 121 cm³/mol. The molecule has 3 rings (SSSR count). The number of ether oxygens (including phenoxy) is 1. The van der Waals surface area contributed by atoms with E-state index < -0.39 is 0 Å². The van der Waals surface area contributed by atoms with E-state index in [1.165, 1.54) is 23.5 Å². The molecule has 30 heavy (non-hydrogen) atoms. The molecule has 0 bridgehead atoms. The third kappa shape index (κ3) is 5.76. The van der Waals surface area contributed by atoms with E-state index in [4.69, 9.17) is 4.74 Å². The van der Waals surface area contributed by atoms with E-state index in [0.717, 1.165) is 16.9 Å². The van der Waals surface area contributed by atoms with Crippen molar-refractivity contribution < 1.29 is 14.3 Å². The fraction of sp³-hybridized carbons (Fsp3) is 0.250. The topological polar surface area (TPSA) is 65.3 Å². The Labute approximate surface area is 181 Å². The van der Waals surface area contributed by atoms with E-state index >= 15 is 0 Å². The zero-order chi connectivity index (χ0) is 21.6. The Hall–Kier alpha value is -2.99. The molecule has 0 saturated heterocycles. The number of pyridine rings is 1. The number of anilines is 1. The normalized spacial score (nSPS) is 11.2. The van der Waals surface area contributed by atoms with Crippen molar-refractivity contribution in [3.05, 3.63) is 83.7 Å². The highest BCUT2D eigenvalue weighted by molar-refractivity contribution is 7.99. The number of rotatable bonds is 8. The highest BCUT2D eigenvalue weighted by atomic mass is 32.2. The largest absolute Gasteiger partial charge is 0.618 e. The highest BCUT2D eigenvalue weighted by Gasteiger charge is 2.17. The monoisotopic (exact) mass is 422 g/mol. The molecule has 3 aromatic rings. The summed E-state index contributed by atoms with van der Waals surface area (Å²) in [6, 6.07) is 20.5. The van der Waals surface area contributed by atoms with Crippen molar-refractivity contribution in [1.29, 1.82) is 0 Å². The lowest BCUT2D eigenvalue weighted by atomic mass is 9.82. The lowest BCUT2D eigenvalue weighted by Gasteiger charge is -2.23. The van der Waals surface area contributed by atoms with Gasteiger partial charge in [-0.3, -0.25) is 4.79 Å². The van der Waals surface area contributed by atoms with Crippen LogP contribution in [0.15, 0.2) is 78.0 Å². The van der Waals surface area contributed by atoms with Crippen LogP contribution in [0.3, 0.4) is 0 Å². The van der Waals surface area contributed by atoms with Gasteiger partial charge in [0.05, 0.1) is 5.75 Å². The standard InChI is InChI=1S/C24H26N2O3S/c1-4-24(2,3)18-8-12-20(13-9-18)29-21-14-10-19(11-15-21)25-22(27)17-30-23-7-5-6-16-26(23)28/h5-16H,4,17H2,1-3H3,(H,25,27). The van der Waals surface area contributed by atoms with Crippen LogP contribution >= 0.6 is 11.8 Å². The SMILES string of the molecule is CCC(C)(C)c1ccc(Oc2ccc(NC(=O)CSc3cccc[n+]3[O-])cc2)cc1. The average Bonchev–Trinajstić information content (AvgIpc) is 2.75. The van der Waals surface area contributed by atoms with Crippen LogP contribution in [0.5, 0.6) is 11.5 Å². The second-order valence-corrected chi connectivity index (χ2v) is 8.59. The Kier molecular flexibility index (Phi) is 7.00. The van der Waals surface area contributed by atoms with Crippen LogP contribution in [-0.2, 0) is 10.2 Å². The third-order valence-electron chi connectivity index (χ3n) is 5.03. The molecular formula is C24H26N2O3S. The van der Waals surface area contributed by atoms with Gasteiger partial charge in [0.15, 0.2) is 6.20 Å². The van der Waals surface area contributed by atoms with Gasteiger partial charge in [-0.25, -0.2) is 0 Å². The fourth-order valence-electron chi connectivity index (χ4n) is 2.78. The molecule has 0 aliphatic heterocycles. The van der Waals surface area contributed by atoms with Gasteiger partial charge < -0.3 is 15.3 Å². The minimum atomic E-state index is -0.174. The smallest absolute Gasteiger partial charge is 0.251 e. The first kappa shape index (κ1) is 21.7. The number of carbonyl (C=O) groups is 1. The van der Waals surface area contributed by atoms with Crippen LogP contribution in [0, 0.1) is 5.21 Å². The number of thioether (sulfide) groups is 1. The first-order chi connectivity index (χ1) is 14.4. The summed E-state index contributed by atoms with van der Waals surface area (Å²) in [5.74, 6) is 1.45. The maximum absolute atomic E-state index is 12.1. The highest BCUT2D eigenvalue weighted by Crippen LogP contribution is 2.30. The molecule has 0 radical (unpaired) electrons. The van der Waals surface area contributed by atoms with Crippen molar-refractivity contribution in [2.24, 2.45) is 0 Å². The molecule has 156 valence electrons. The minimum Gasteiger partial charge on any atom is -0.618 e. The van der Waals surface area contributed by atoms with Gasteiger partial charge in [0, 0.05) is 17.8 Å². The quantitative estimate of drug-likeness (QED) is 0.294. The molecule has 0 atom stereocenters. The Bertz CT molecular complexity index is 986. The Morgan fingerprint density at radius 2 is 1.67 bits per heavy atom. The molecule has 0 aliphatic rings. The molecule has 0 aliphatic carbocycles. The fourth-order valence-corrected chi connectivity index (χ4v) is 3.50. The molecule has 1 heterocycles. The summed E-state index contributed by atoms with van der Waals surface area (Å²) in [6.45, 7) is 6.64. The minimum absolute atomic E-state index is 0.144. The number of carbonyl (C=O) groups excluding carboxylic acids is 1. The van der Waals surface area contributed by atoms with Crippen molar-refractivity contribution in [3.63, 3.8) is 0 Å². The number of nitrogens with zero attached hydrogens (tertiary/aromatic N) is 1. The number of nitrogens with one attached hydrogen (secondary N) is 1. The van der Waals surface area contributed by atoms with Gasteiger partial charge in [0.2, 0.25) is 5.91 Å². The molecule has 1 N–H and O–H groups in total.